The third-order valence-corrected chi connectivity index (χ3v) is 6.87. The normalized spacial score (nSPS) is 13.3. The number of nitrogens with one attached hydrogen (secondary N) is 1. The fourth-order valence-corrected chi connectivity index (χ4v) is 5.20. The molecule has 0 fully saturated rings. The Kier molecular flexibility index (Phi) is 6.28. The van der Waals surface area contributed by atoms with Crippen LogP contribution in [0.15, 0.2) is 53.4 Å². The number of carbonyl (C=O) groups is 1. The van der Waals surface area contributed by atoms with Gasteiger partial charge in [-0.05, 0) is 31.2 Å². The van der Waals surface area contributed by atoms with Crippen molar-refractivity contribution >= 4 is 62.1 Å². The van der Waals surface area contributed by atoms with Gasteiger partial charge in [-0.3, -0.25) is 4.79 Å². The number of halogens is 4. The molecule has 0 aromatic heterocycles. The van der Waals surface area contributed by atoms with E-state index >= 15 is 0 Å². The first kappa shape index (κ1) is 20.3. The molecule has 134 valence electrons. The Bertz CT molecular complexity index is 877. The van der Waals surface area contributed by atoms with E-state index in [2.05, 4.69) is 5.32 Å². The van der Waals surface area contributed by atoms with E-state index in [0.717, 1.165) is 5.56 Å². The highest BCUT2D eigenvalue weighted by molar-refractivity contribution is 7.92. The Hall–Kier alpha value is -0.980. The van der Waals surface area contributed by atoms with Crippen LogP contribution in [-0.2, 0) is 9.84 Å². The highest BCUT2D eigenvalue weighted by Gasteiger charge is 2.45. The lowest BCUT2D eigenvalue weighted by Gasteiger charge is -2.25. The molecule has 0 bridgehead atoms. The van der Waals surface area contributed by atoms with E-state index in [-0.39, 0.29) is 15.5 Å². The summed E-state index contributed by atoms with van der Waals surface area (Å²) >= 11 is 23.5. The van der Waals surface area contributed by atoms with Crippen LogP contribution in [-0.4, -0.2) is 23.5 Å². The number of benzene rings is 2. The molecule has 1 amide bonds. The van der Waals surface area contributed by atoms with Gasteiger partial charge in [0, 0.05) is 5.56 Å². The molecule has 0 aliphatic carbocycles. The molecule has 1 atom stereocenters. The van der Waals surface area contributed by atoms with Crippen molar-refractivity contribution in [1.82, 2.24) is 5.32 Å². The van der Waals surface area contributed by atoms with Crippen molar-refractivity contribution < 1.29 is 13.2 Å². The van der Waals surface area contributed by atoms with Gasteiger partial charge in [0.25, 0.3) is 5.91 Å². The fourth-order valence-electron chi connectivity index (χ4n) is 2.05. The standard InChI is InChI=1S/C16H13Cl4NO3S/c1-10-6-8-11(9-7-10)14(22)21-15(16(18,19)20)25(23,24)13-5-3-2-4-12(13)17/h2-9,15H,1H3,(H,21,22). The predicted octanol–water partition coefficient (Wildman–Crippen LogP) is 4.55. The molecule has 0 saturated carbocycles. The number of carbonyl (C=O) groups excluding carboxylic acids is 1. The Morgan fingerprint density at radius 2 is 1.60 bits per heavy atom. The van der Waals surface area contributed by atoms with Gasteiger partial charge >= 0.3 is 0 Å². The summed E-state index contributed by atoms with van der Waals surface area (Å²) in [6, 6.07) is 12.2. The van der Waals surface area contributed by atoms with Crippen molar-refractivity contribution in [3.05, 3.63) is 64.7 Å². The molecule has 0 aliphatic rings. The van der Waals surface area contributed by atoms with Gasteiger partial charge in [-0.2, -0.15) is 0 Å². The molecular weight excluding hydrogens is 428 g/mol. The molecule has 2 aromatic rings. The van der Waals surface area contributed by atoms with Gasteiger partial charge in [-0.15, -0.1) is 0 Å². The molecule has 25 heavy (non-hydrogen) atoms. The molecule has 0 spiro atoms. The summed E-state index contributed by atoms with van der Waals surface area (Å²) in [5, 5.41) is 0.421. The third-order valence-electron chi connectivity index (χ3n) is 3.33. The second kappa shape index (κ2) is 7.72. The summed E-state index contributed by atoms with van der Waals surface area (Å²) in [6.45, 7) is 1.85. The minimum absolute atomic E-state index is 0.0358. The first-order valence-corrected chi connectivity index (χ1v) is 10.0. The van der Waals surface area contributed by atoms with E-state index in [9.17, 15) is 13.2 Å². The van der Waals surface area contributed by atoms with E-state index in [1.165, 1.54) is 18.2 Å². The van der Waals surface area contributed by atoms with Crippen LogP contribution >= 0.6 is 46.4 Å². The molecule has 9 heteroatoms. The summed E-state index contributed by atoms with van der Waals surface area (Å²) in [5.74, 6) is -0.688. The van der Waals surface area contributed by atoms with Gasteiger partial charge in [-0.1, -0.05) is 76.2 Å². The summed E-state index contributed by atoms with van der Waals surface area (Å²) in [5.41, 5.74) is 1.18. The van der Waals surface area contributed by atoms with Gasteiger partial charge < -0.3 is 5.32 Å². The molecule has 0 heterocycles. The Labute approximate surface area is 165 Å². The van der Waals surface area contributed by atoms with Crippen molar-refractivity contribution in [3.8, 4) is 0 Å². The summed E-state index contributed by atoms with van der Waals surface area (Å²) < 4.78 is 23.4. The molecule has 1 unspecified atom stereocenters. The van der Waals surface area contributed by atoms with Gasteiger partial charge in [-0.25, -0.2) is 8.42 Å². The van der Waals surface area contributed by atoms with Crippen LogP contribution in [0, 0.1) is 6.92 Å². The number of hydrogen-bond acceptors (Lipinski definition) is 3. The molecule has 0 aliphatic heterocycles. The largest absolute Gasteiger partial charge is 0.332 e. The van der Waals surface area contributed by atoms with E-state index in [0.29, 0.717) is 0 Å². The monoisotopic (exact) mass is 439 g/mol. The summed E-state index contributed by atoms with van der Waals surface area (Å²) in [7, 11) is -4.26. The van der Waals surface area contributed by atoms with Crippen LogP contribution < -0.4 is 5.32 Å². The maximum Gasteiger partial charge on any atom is 0.252 e. The first-order valence-electron chi connectivity index (χ1n) is 6.96. The topological polar surface area (TPSA) is 63.2 Å². The molecule has 1 N–H and O–H groups in total. The number of rotatable bonds is 4. The van der Waals surface area contributed by atoms with Crippen molar-refractivity contribution in [1.29, 1.82) is 0 Å². The summed E-state index contributed by atoms with van der Waals surface area (Å²) in [4.78, 5) is 12.2. The second-order valence-corrected chi connectivity index (χ2v) is 10.0. The zero-order chi connectivity index (χ0) is 18.8. The molecule has 4 nitrogen and oxygen atoms in total. The maximum atomic E-state index is 12.9. The molecule has 0 radical (unpaired) electrons. The average Bonchev–Trinajstić information content (AvgIpc) is 2.52. The van der Waals surface area contributed by atoms with Crippen LogP contribution in [0.4, 0.5) is 0 Å². The van der Waals surface area contributed by atoms with Gasteiger partial charge in [0.2, 0.25) is 13.6 Å². The van der Waals surface area contributed by atoms with Gasteiger partial charge in [0.1, 0.15) is 0 Å². The first-order chi connectivity index (χ1) is 11.5. The molecule has 2 rings (SSSR count). The van der Waals surface area contributed by atoms with Crippen LogP contribution in [0.5, 0.6) is 0 Å². The van der Waals surface area contributed by atoms with Crippen LogP contribution in [0.3, 0.4) is 0 Å². The van der Waals surface area contributed by atoms with Crippen molar-refractivity contribution in [2.45, 2.75) is 21.0 Å². The number of aryl methyl sites for hydroxylation is 1. The Morgan fingerprint density at radius 3 is 2.12 bits per heavy atom. The quantitative estimate of drug-likeness (QED) is 0.709. The zero-order valence-electron chi connectivity index (χ0n) is 12.8. The van der Waals surface area contributed by atoms with Crippen molar-refractivity contribution in [3.63, 3.8) is 0 Å². The second-order valence-electron chi connectivity index (χ2n) is 5.24. The van der Waals surface area contributed by atoms with E-state index in [1.54, 1.807) is 30.3 Å². The summed E-state index contributed by atoms with van der Waals surface area (Å²) in [6.07, 6.45) is 0. The number of amides is 1. The predicted molar refractivity (Wildman–Crippen MR) is 101 cm³/mol. The number of sulfone groups is 1. The molecule has 2 aromatic carbocycles. The molecular formula is C16H13Cl4NO3S. The van der Waals surface area contributed by atoms with Gasteiger partial charge in [0.15, 0.2) is 5.37 Å². The molecule has 0 saturated heterocycles. The third kappa shape index (κ3) is 4.80. The van der Waals surface area contributed by atoms with Crippen LogP contribution in [0.25, 0.3) is 0 Å². The van der Waals surface area contributed by atoms with Crippen LogP contribution in [0.2, 0.25) is 5.02 Å². The number of alkyl halides is 3. The van der Waals surface area contributed by atoms with Crippen molar-refractivity contribution in [2.75, 3.05) is 0 Å². The van der Waals surface area contributed by atoms with Crippen LogP contribution in [0.1, 0.15) is 15.9 Å². The number of hydrogen-bond donors (Lipinski definition) is 1. The van der Waals surface area contributed by atoms with E-state index < -0.39 is 24.9 Å². The highest BCUT2D eigenvalue weighted by atomic mass is 35.6. The Morgan fingerprint density at radius 1 is 1.04 bits per heavy atom. The van der Waals surface area contributed by atoms with E-state index in [4.69, 9.17) is 46.4 Å². The minimum Gasteiger partial charge on any atom is -0.332 e. The Balaban J connectivity index is 2.42. The van der Waals surface area contributed by atoms with Crippen molar-refractivity contribution in [2.24, 2.45) is 0 Å². The SMILES string of the molecule is Cc1ccc(C(=O)NC(C(Cl)(Cl)Cl)S(=O)(=O)c2ccccc2Cl)cc1. The maximum absolute atomic E-state index is 12.9. The van der Waals surface area contributed by atoms with Gasteiger partial charge in [0.05, 0.1) is 9.92 Å². The minimum atomic E-state index is -4.26. The highest BCUT2D eigenvalue weighted by Crippen LogP contribution is 2.37. The fraction of sp³-hybridized carbons (Fsp3) is 0.188. The van der Waals surface area contributed by atoms with E-state index in [1.807, 2.05) is 6.92 Å². The zero-order valence-corrected chi connectivity index (χ0v) is 16.7. The smallest absolute Gasteiger partial charge is 0.252 e. The lowest BCUT2D eigenvalue weighted by molar-refractivity contribution is 0.0948. The lowest BCUT2D eigenvalue weighted by atomic mass is 10.1. The average molecular weight is 441 g/mol. The lowest BCUT2D eigenvalue weighted by Crippen LogP contribution is -2.49.